The van der Waals surface area contributed by atoms with Crippen LogP contribution in [-0.4, -0.2) is 26.8 Å². The van der Waals surface area contributed by atoms with E-state index < -0.39 is 0 Å². The largest absolute Gasteiger partial charge is 0.496 e. The SMILES string of the molecule is CNC1CCOC(C)(c2cc(C)ccc2OC)C1. The lowest BCUT2D eigenvalue weighted by atomic mass is 9.84. The Morgan fingerprint density at radius 2 is 2.22 bits per heavy atom. The number of nitrogens with one attached hydrogen (secondary N) is 1. The van der Waals surface area contributed by atoms with Crippen LogP contribution in [0, 0.1) is 6.92 Å². The van der Waals surface area contributed by atoms with E-state index in [-0.39, 0.29) is 5.60 Å². The van der Waals surface area contributed by atoms with E-state index in [1.165, 1.54) is 5.56 Å². The topological polar surface area (TPSA) is 30.5 Å². The molecular weight excluding hydrogens is 226 g/mol. The van der Waals surface area contributed by atoms with Crippen molar-refractivity contribution in [2.24, 2.45) is 0 Å². The molecule has 0 amide bonds. The average molecular weight is 249 g/mol. The van der Waals surface area contributed by atoms with Gasteiger partial charge >= 0.3 is 0 Å². The summed E-state index contributed by atoms with van der Waals surface area (Å²) in [7, 11) is 3.74. The highest BCUT2D eigenvalue weighted by atomic mass is 16.5. The molecule has 1 fully saturated rings. The Morgan fingerprint density at radius 3 is 2.89 bits per heavy atom. The normalized spacial score (nSPS) is 28.1. The van der Waals surface area contributed by atoms with Gasteiger partial charge in [-0.2, -0.15) is 0 Å². The zero-order chi connectivity index (χ0) is 13.2. The van der Waals surface area contributed by atoms with Crippen molar-refractivity contribution < 1.29 is 9.47 Å². The van der Waals surface area contributed by atoms with Crippen molar-refractivity contribution in [2.75, 3.05) is 20.8 Å². The van der Waals surface area contributed by atoms with E-state index in [0.29, 0.717) is 6.04 Å². The van der Waals surface area contributed by atoms with Gasteiger partial charge in [0.25, 0.3) is 0 Å². The summed E-state index contributed by atoms with van der Waals surface area (Å²) in [5.41, 5.74) is 2.13. The third-order valence-corrected chi connectivity index (χ3v) is 3.86. The average Bonchev–Trinajstić information content (AvgIpc) is 2.38. The molecule has 3 heteroatoms. The molecule has 0 saturated carbocycles. The first-order valence-electron chi connectivity index (χ1n) is 6.55. The molecule has 1 saturated heterocycles. The molecule has 0 aliphatic carbocycles. The van der Waals surface area contributed by atoms with Gasteiger partial charge in [-0.15, -0.1) is 0 Å². The van der Waals surface area contributed by atoms with E-state index in [9.17, 15) is 0 Å². The molecule has 0 spiro atoms. The Hall–Kier alpha value is -1.06. The van der Waals surface area contributed by atoms with E-state index >= 15 is 0 Å². The van der Waals surface area contributed by atoms with Gasteiger partial charge in [-0.3, -0.25) is 0 Å². The van der Waals surface area contributed by atoms with Gasteiger partial charge in [0.15, 0.2) is 0 Å². The van der Waals surface area contributed by atoms with Gasteiger partial charge in [-0.1, -0.05) is 11.6 Å². The molecule has 1 aromatic carbocycles. The van der Waals surface area contributed by atoms with Gasteiger partial charge in [0.05, 0.1) is 12.7 Å². The van der Waals surface area contributed by atoms with Gasteiger partial charge in [-0.25, -0.2) is 0 Å². The zero-order valence-corrected chi connectivity index (χ0v) is 11.7. The molecule has 1 aromatic rings. The smallest absolute Gasteiger partial charge is 0.124 e. The molecule has 1 aliphatic rings. The van der Waals surface area contributed by atoms with Crippen LogP contribution in [0.25, 0.3) is 0 Å². The first-order chi connectivity index (χ1) is 8.59. The second-order valence-electron chi connectivity index (χ2n) is 5.26. The number of hydrogen-bond acceptors (Lipinski definition) is 3. The van der Waals surface area contributed by atoms with Crippen LogP contribution in [0.2, 0.25) is 0 Å². The van der Waals surface area contributed by atoms with Crippen LogP contribution in [0.15, 0.2) is 18.2 Å². The standard InChI is InChI=1S/C15H23NO2/c1-11-5-6-14(17-4)13(9-11)15(2)10-12(16-3)7-8-18-15/h5-6,9,12,16H,7-8,10H2,1-4H3. The monoisotopic (exact) mass is 249 g/mol. The summed E-state index contributed by atoms with van der Waals surface area (Å²) >= 11 is 0. The highest BCUT2D eigenvalue weighted by Crippen LogP contribution is 2.39. The van der Waals surface area contributed by atoms with Crippen LogP contribution in [-0.2, 0) is 10.3 Å². The highest BCUT2D eigenvalue weighted by Gasteiger charge is 2.36. The lowest BCUT2D eigenvalue weighted by molar-refractivity contribution is -0.0815. The lowest BCUT2D eigenvalue weighted by Gasteiger charge is -2.39. The quantitative estimate of drug-likeness (QED) is 0.893. The maximum absolute atomic E-state index is 6.06. The van der Waals surface area contributed by atoms with Crippen molar-refractivity contribution in [2.45, 2.75) is 38.3 Å². The minimum Gasteiger partial charge on any atom is -0.496 e. The number of methoxy groups -OCH3 is 1. The Labute approximate surface area is 109 Å². The number of hydrogen-bond donors (Lipinski definition) is 1. The fourth-order valence-electron chi connectivity index (χ4n) is 2.73. The first kappa shape index (κ1) is 13.4. The predicted octanol–water partition coefficient (Wildman–Crippen LogP) is 2.62. The van der Waals surface area contributed by atoms with Gasteiger partial charge in [0, 0.05) is 18.2 Å². The predicted molar refractivity (Wildman–Crippen MR) is 73.1 cm³/mol. The van der Waals surface area contributed by atoms with Crippen LogP contribution in [0.4, 0.5) is 0 Å². The van der Waals surface area contributed by atoms with Crippen molar-refractivity contribution >= 4 is 0 Å². The first-order valence-corrected chi connectivity index (χ1v) is 6.55. The number of ether oxygens (including phenoxy) is 2. The fraction of sp³-hybridized carbons (Fsp3) is 0.600. The Kier molecular flexibility index (Phi) is 3.93. The van der Waals surface area contributed by atoms with Gasteiger partial charge in [-0.05, 0) is 45.9 Å². The molecule has 0 radical (unpaired) electrons. The molecule has 2 rings (SSSR count). The van der Waals surface area contributed by atoms with Gasteiger partial charge in [0.1, 0.15) is 5.75 Å². The van der Waals surface area contributed by atoms with Crippen molar-refractivity contribution in [1.82, 2.24) is 5.32 Å². The third-order valence-electron chi connectivity index (χ3n) is 3.86. The second-order valence-corrected chi connectivity index (χ2v) is 5.26. The molecule has 100 valence electrons. The number of rotatable bonds is 3. The Morgan fingerprint density at radius 1 is 1.44 bits per heavy atom. The second kappa shape index (κ2) is 5.29. The molecule has 2 unspecified atom stereocenters. The van der Waals surface area contributed by atoms with Crippen molar-refractivity contribution in [3.63, 3.8) is 0 Å². The van der Waals surface area contributed by atoms with E-state index in [1.807, 2.05) is 13.1 Å². The summed E-state index contributed by atoms with van der Waals surface area (Å²) in [5, 5.41) is 3.36. The summed E-state index contributed by atoms with van der Waals surface area (Å²) in [5.74, 6) is 0.917. The molecular formula is C15H23NO2. The number of aryl methyl sites for hydroxylation is 1. The maximum Gasteiger partial charge on any atom is 0.124 e. The summed E-state index contributed by atoms with van der Waals surface area (Å²) in [6.45, 7) is 5.05. The zero-order valence-electron chi connectivity index (χ0n) is 11.7. The van der Waals surface area contributed by atoms with Gasteiger partial charge in [0.2, 0.25) is 0 Å². The van der Waals surface area contributed by atoms with Crippen molar-refractivity contribution in [1.29, 1.82) is 0 Å². The summed E-state index contributed by atoms with van der Waals surface area (Å²) in [6, 6.07) is 6.79. The number of benzene rings is 1. The molecule has 1 heterocycles. The van der Waals surface area contributed by atoms with Crippen molar-refractivity contribution in [3.8, 4) is 5.75 Å². The maximum atomic E-state index is 6.06. The van der Waals surface area contributed by atoms with E-state index in [4.69, 9.17) is 9.47 Å². The van der Waals surface area contributed by atoms with Gasteiger partial charge < -0.3 is 14.8 Å². The molecule has 18 heavy (non-hydrogen) atoms. The van der Waals surface area contributed by atoms with Crippen LogP contribution < -0.4 is 10.1 Å². The Balaban J connectivity index is 2.36. The Bertz CT molecular complexity index is 419. The molecule has 3 nitrogen and oxygen atoms in total. The van der Waals surface area contributed by atoms with E-state index in [2.05, 4.69) is 31.3 Å². The molecule has 1 N–H and O–H groups in total. The van der Waals surface area contributed by atoms with Crippen LogP contribution in [0.3, 0.4) is 0 Å². The van der Waals surface area contributed by atoms with Crippen LogP contribution >= 0.6 is 0 Å². The van der Waals surface area contributed by atoms with Crippen LogP contribution in [0.5, 0.6) is 5.75 Å². The van der Waals surface area contributed by atoms with Crippen molar-refractivity contribution in [3.05, 3.63) is 29.3 Å². The fourth-order valence-corrected chi connectivity index (χ4v) is 2.73. The highest BCUT2D eigenvalue weighted by molar-refractivity contribution is 5.41. The van der Waals surface area contributed by atoms with E-state index in [1.54, 1.807) is 7.11 Å². The minimum atomic E-state index is -0.261. The summed E-state index contributed by atoms with van der Waals surface area (Å²) < 4.78 is 11.5. The molecule has 2 atom stereocenters. The molecule has 0 aromatic heterocycles. The molecule has 0 bridgehead atoms. The van der Waals surface area contributed by atoms with E-state index in [0.717, 1.165) is 30.8 Å². The molecule has 1 aliphatic heterocycles. The summed E-state index contributed by atoms with van der Waals surface area (Å²) in [4.78, 5) is 0. The third kappa shape index (κ3) is 2.52. The summed E-state index contributed by atoms with van der Waals surface area (Å²) in [6.07, 6.45) is 2.05. The lowest BCUT2D eigenvalue weighted by Crippen LogP contribution is -2.42. The minimum absolute atomic E-state index is 0.261. The van der Waals surface area contributed by atoms with Crippen LogP contribution in [0.1, 0.15) is 30.9 Å².